The predicted molar refractivity (Wildman–Crippen MR) is 86.7 cm³/mol. The molecule has 4 nitrogen and oxygen atoms in total. The SMILES string of the molecule is O=C(OCc1ccccc1)[C@@H]1COC(c2ccc(Br)cc2)=N1. The van der Waals surface area contributed by atoms with Crippen LogP contribution in [0.25, 0.3) is 0 Å². The van der Waals surface area contributed by atoms with Gasteiger partial charge in [-0.3, -0.25) is 0 Å². The van der Waals surface area contributed by atoms with Crippen molar-refractivity contribution in [1.29, 1.82) is 0 Å². The summed E-state index contributed by atoms with van der Waals surface area (Å²) in [6.45, 7) is 0.471. The number of halogens is 1. The van der Waals surface area contributed by atoms with Crippen LogP contribution in [0.15, 0.2) is 64.1 Å². The summed E-state index contributed by atoms with van der Waals surface area (Å²) >= 11 is 3.38. The monoisotopic (exact) mass is 359 g/mol. The lowest BCUT2D eigenvalue weighted by atomic mass is 10.2. The fraction of sp³-hybridized carbons (Fsp3) is 0.176. The van der Waals surface area contributed by atoms with Crippen molar-refractivity contribution in [3.8, 4) is 0 Å². The Labute approximate surface area is 136 Å². The molecule has 0 saturated heterocycles. The largest absolute Gasteiger partial charge is 0.475 e. The van der Waals surface area contributed by atoms with Crippen molar-refractivity contribution >= 4 is 27.8 Å². The van der Waals surface area contributed by atoms with Gasteiger partial charge in [-0.25, -0.2) is 9.79 Å². The van der Waals surface area contributed by atoms with Crippen molar-refractivity contribution in [2.75, 3.05) is 6.61 Å². The molecule has 0 spiro atoms. The number of ether oxygens (including phenoxy) is 2. The second-order valence-electron chi connectivity index (χ2n) is 4.86. The van der Waals surface area contributed by atoms with Gasteiger partial charge in [0.15, 0.2) is 6.04 Å². The van der Waals surface area contributed by atoms with Crippen molar-refractivity contribution < 1.29 is 14.3 Å². The standard InChI is InChI=1S/C17H14BrNO3/c18-14-8-6-13(7-9-14)16-19-15(11-21-16)17(20)22-10-12-4-2-1-3-5-12/h1-9,15H,10-11H2/t15-/m0/s1. The van der Waals surface area contributed by atoms with Gasteiger partial charge in [-0.05, 0) is 29.8 Å². The molecule has 5 heteroatoms. The Bertz CT molecular complexity index is 683. The minimum atomic E-state index is -0.595. The molecule has 1 atom stereocenters. The first kappa shape index (κ1) is 14.8. The van der Waals surface area contributed by atoms with Gasteiger partial charge in [0, 0.05) is 10.0 Å². The molecule has 3 rings (SSSR count). The first-order valence-electron chi connectivity index (χ1n) is 6.89. The third-order valence-corrected chi connectivity index (χ3v) is 3.77. The van der Waals surface area contributed by atoms with Crippen molar-refractivity contribution in [2.45, 2.75) is 12.6 Å². The normalized spacial score (nSPS) is 16.8. The fourth-order valence-electron chi connectivity index (χ4n) is 2.07. The maximum atomic E-state index is 12.0. The molecular formula is C17H14BrNO3. The first-order chi connectivity index (χ1) is 10.7. The number of carbonyl (C=O) groups excluding carboxylic acids is 1. The fourth-order valence-corrected chi connectivity index (χ4v) is 2.33. The van der Waals surface area contributed by atoms with E-state index in [2.05, 4.69) is 20.9 Å². The van der Waals surface area contributed by atoms with Crippen LogP contribution in [-0.2, 0) is 20.9 Å². The summed E-state index contributed by atoms with van der Waals surface area (Å²) < 4.78 is 11.8. The average Bonchev–Trinajstić information content (AvgIpc) is 3.04. The van der Waals surface area contributed by atoms with E-state index in [4.69, 9.17) is 9.47 Å². The second kappa shape index (κ2) is 6.75. The van der Waals surface area contributed by atoms with Crippen LogP contribution in [0.4, 0.5) is 0 Å². The van der Waals surface area contributed by atoms with Gasteiger partial charge >= 0.3 is 5.97 Å². The number of aliphatic imine (C=N–C) groups is 1. The van der Waals surface area contributed by atoms with Crippen LogP contribution >= 0.6 is 15.9 Å². The van der Waals surface area contributed by atoms with Crippen molar-refractivity contribution in [3.63, 3.8) is 0 Å². The third kappa shape index (κ3) is 3.54. The molecule has 0 aromatic heterocycles. The van der Waals surface area contributed by atoms with Gasteiger partial charge in [-0.1, -0.05) is 46.3 Å². The highest BCUT2D eigenvalue weighted by molar-refractivity contribution is 9.10. The molecule has 0 amide bonds. The topological polar surface area (TPSA) is 47.9 Å². The highest BCUT2D eigenvalue weighted by Crippen LogP contribution is 2.16. The number of benzene rings is 2. The van der Waals surface area contributed by atoms with Gasteiger partial charge in [0.1, 0.15) is 13.2 Å². The van der Waals surface area contributed by atoms with E-state index in [9.17, 15) is 4.79 Å². The van der Waals surface area contributed by atoms with Crippen molar-refractivity contribution in [2.24, 2.45) is 4.99 Å². The molecule has 0 fully saturated rings. The van der Waals surface area contributed by atoms with Crippen LogP contribution < -0.4 is 0 Å². The summed E-state index contributed by atoms with van der Waals surface area (Å²) in [6.07, 6.45) is 0. The first-order valence-corrected chi connectivity index (χ1v) is 7.69. The molecule has 2 aromatic carbocycles. The Morgan fingerprint density at radius 3 is 2.64 bits per heavy atom. The van der Waals surface area contributed by atoms with Gasteiger partial charge in [0.05, 0.1) is 0 Å². The van der Waals surface area contributed by atoms with E-state index in [0.717, 1.165) is 15.6 Å². The maximum absolute atomic E-state index is 12.0. The second-order valence-corrected chi connectivity index (χ2v) is 5.78. The van der Waals surface area contributed by atoms with E-state index < -0.39 is 6.04 Å². The van der Waals surface area contributed by atoms with Crippen molar-refractivity contribution in [1.82, 2.24) is 0 Å². The zero-order valence-electron chi connectivity index (χ0n) is 11.7. The lowest BCUT2D eigenvalue weighted by Crippen LogP contribution is -2.22. The van der Waals surface area contributed by atoms with Gasteiger partial charge < -0.3 is 9.47 Å². The molecule has 0 unspecified atom stereocenters. The number of esters is 1. The highest BCUT2D eigenvalue weighted by atomic mass is 79.9. The summed E-state index contributed by atoms with van der Waals surface area (Å²) in [5.41, 5.74) is 1.80. The third-order valence-electron chi connectivity index (χ3n) is 3.24. The summed E-state index contributed by atoms with van der Waals surface area (Å²) in [7, 11) is 0. The predicted octanol–water partition coefficient (Wildman–Crippen LogP) is 3.34. The number of hydrogen-bond acceptors (Lipinski definition) is 4. The Morgan fingerprint density at radius 2 is 1.91 bits per heavy atom. The van der Waals surface area contributed by atoms with E-state index in [0.29, 0.717) is 5.90 Å². The summed E-state index contributed by atoms with van der Waals surface area (Å²) in [6, 6.07) is 16.6. The molecule has 22 heavy (non-hydrogen) atoms. The lowest BCUT2D eigenvalue weighted by molar-refractivity contribution is -0.146. The highest BCUT2D eigenvalue weighted by Gasteiger charge is 2.27. The summed E-state index contributed by atoms with van der Waals surface area (Å²) in [4.78, 5) is 16.3. The quantitative estimate of drug-likeness (QED) is 0.786. The number of hydrogen-bond donors (Lipinski definition) is 0. The average molecular weight is 360 g/mol. The molecule has 0 radical (unpaired) electrons. The van der Waals surface area contributed by atoms with Crippen LogP contribution in [0.3, 0.4) is 0 Å². The lowest BCUT2D eigenvalue weighted by Gasteiger charge is -2.06. The van der Waals surface area contributed by atoms with Crippen LogP contribution in [0.1, 0.15) is 11.1 Å². The summed E-state index contributed by atoms with van der Waals surface area (Å²) in [5, 5.41) is 0. The zero-order valence-corrected chi connectivity index (χ0v) is 13.3. The minimum Gasteiger partial charge on any atom is -0.475 e. The van der Waals surface area contributed by atoms with Gasteiger partial charge in [-0.2, -0.15) is 0 Å². The van der Waals surface area contributed by atoms with E-state index in [1.165, 1.54) is 0 Å². The Hall–Kier alpha value is -2.14. The smallest absolute Gasteiger partial charge is 0.334 e. The molecule has 1 aliphatic rings. The number of carbonyl (C=O) groups is 1. The van der Waals surface area contributed by atoms with Crippen LogP contribution in [0.5, 0.6) is 0 Å². The van der Waals surface area contributed by atoms with E-state index in [1.54, 1.807) is 0 Å². The van der Waals surface area contributed by atoms with E-state index in [-0.39, 0.29) is 19.2 Å². The molecule has 2 aromatic rings. The maximum Gasteiger partial charge on any atom is 0.334 e. The molecule has 1 heterocycles. The minimum absolute atomic E-state index is 0.221. The van der Waals surface area contributed by atoms with Gasteiger partial charge in [0.2, 0.25) is 5.90 Å². The molecule has 0 saturated carbocycles. The molecule has 112 valence electrons. The Morgan fingerprint density at radius 1 is 1.18 bits per heavy atom. The Balaban J connectivity index is 1.61. The molecule has 0 N–H and O–H groups in total. The number of rotatable bonds is 4. The number of nitrogens with zero attached hydrogens (tertiary/aromatic N) is 1. The van der Waals surface area contributed by atoms with Crippen LogP contribution in [-0.4, -0.2) is 24.5 Å². The summed E-state index contributed by atoms with van der Waals surface area (Å²) in [5.74, 6) is 0.116. The van der Waals surface area contributed by atoms with E-state index >= 15 is 0 Å². The van der Waals surface area contributed by atoms with Gasteiger partial charge in [0.25, 0.3) is 0 Å². The van der Waals surface area contributed by atoms with Crippen LogP contribution in [0.2, 0.25) is 0 Å². The van der Waals surface area contributed by atoms with Crippen molar-refractivity contribution in [3.05, 3.63) is 70.2 Å². The van der Waals surface area contributed by atoms with Gasteiger partial charge in [-0.15, -0.1) is 0 Å². The molecule has 1 aliphatic heterocycles. The zero-order chi connectivity index (χ0) is 15.4. The Kier molecular flexibility index (Phi) is 4.53. The van der Waals surface area contributed by atoms with Crippen LogP contribution in [0, 0.1) is 0 Å². The molecular weight excluding hydrogens is 346 g/mol. The molecule has 0 bridgehead atoms. The van der Waals surface area contributed by atoms with E-state index in [1.807, 2.05) is 54.6 Å². The molecule has 0 aliphatic carbocycles.